The third kappa shape index (κ3) is 1.60. The van der Waals surface area contributed by atoms with E-state index in [1.807, 2.05) is 54.6 Å². The van der Waals surface area contributed by atoms with Gasteiger partial charge in [-0.3, -0.25) is 0 Å². The number of fused-ring (bicyclic) bond motifs is 1. The molecule has 2 aromatic carbocycles. The number of benzene rings is 2. The van der Waals surface area contributed by atoms with Crippen molar-refractivity contribution < 1.29 is 5.11 Å². The fraction of sp³-hybridized carbons (Fsp3) is 0.118. The van der Waals surface area contributed by atoms with Crippen LogP contribution >= 0.6 is 0 Å². The van der Waals surface area contributed by atoms with E-state index in [0.717, 1.165) is 22.3 Å². The van der Waals surface area contributed by atoms with Gasteiger partial charge in [-0.05, 0) is 23.6 Å². The molecule has 1 aliphatic carbocycles. The fourth-order valence-corrected chi connectivity index (χ4v) is 2.71. The summed E-state index contributed by atoms with van der Waals surface area (Å²) in [5, 5.41) is 20.1. The summed E-state index contributed by atoms with van der Waals surface area (Å²) in [6.07, 6.45) is 0. The molecule has 0 radical (unpaired) electrons. The molecule has 19 heavy (non-hydrogen) atoms. The quantitative estimate of drug-likeness (QED) is 0.840. The van der Waals surface area contributed by atoms with E-state index in [2.05, 4.69) is 6.07 Å². The van der Waals surface area contributed by atoms with Crippen molar-refractivity contribution in [2.45, 2.75) is 12.5 Å². The summed E-state index contributed by atoms with van der Waals surface area (Å²) < 4.78 is 0. The second kappa shape index (κ2) is 4.08. The zero-order valence-electron chi connectivity index (χ0n) is 10.6. The summed E-state index contributed by atoms with van der Waals surface area (Å²) in [6, 6.07) is 19.6. The van der Waals surface area contributed by atoms with Gasteiger partial charge in [-0.25, -0.2) is 0 Å². The second-order valence-electron chi connectivity index (χ2n) is 4.85. The summed E-state index contributed by atoms with van der Waals surface area (Å²) in [4.78, 5) is 0. The maximum atomic E-state index is 10.7. The number of nitrogens with zero attached hydrogens (tertiary/aromatic N) is 1. The number of hydrogen-bond donors (Lipinski definition) is 1. The number of nitriles is 1. The van der Waals surface area contributed by atoms with Crippen LogP contribution in [0.25, 0.3) is 5.57 Å². The van der Waals surface area contributed by atoms with Crippen molar-refractivity contribution in [1.82, 2.24) is 0 Å². The molecular formula is C17H13NO. The van der Waals surface area contributed by atoms with Crippen molar-refractivity contribution in [3.63, 3.8) is 0 Å². The Labute approximate surface area is 112 Å². The Morgan fingerprint density at radius 1 is 1.00 bits per heavy atom. The van der Waals surface area contributed by atoms with E-state index in [9.17, 15) is 10.4 Å². The van der Waals surface area contributed by atoms with Gasteiger partial charge in [0.25, 0.3) is 0 Å². The monoisotopic (exact) mass is 247 g/mol. The Bertz CT molecular complexity index is 706. The number of hydrogen-bond acceptors (Lipinski definition) is 2. The van der Waals surface area contributed by atoms with E-state index >= 15 is 0 Å². The molecule has 0 bridgehead atoms. The highest BCUT2D eigenvalue weighted by Gasteiger charge is 2.40. The van der Waals surface area contributed by atoms with Gasteiger partial charge in [0.05, 0.1) is 11.6 Å². The van der Waals surface area contributed by atoms with Gasteiger partial charge in [-0.15, -0.1) is 0 Å². The topological polar surface area (TPSA) is 44.0 Å². The molecule has 1 aliphatic rings. The highest BCUT2D eigenvalue weighted by Crippen LogP contribution is 2.46. The molecule has 0 spiro atoms. The minimum absolute atomic E-state index is 0.417. The van der Waals surface area contributed by atoms with E-state index in [4.69, 9.17) is 0 Å². The first-order valence-corrected chi connectivity index (χ1v) is 6.19. The minimum Gasteiger partial charge on any atom is -0.380 e. The first kappa shape index (κ1) is 11.7. The lowest BCUT2D eigenvalue weighted by atomic mass is 9.93. The average molecular weight is 247 g/mol. The van der Waals surface area contributed by atoms with Crippen LogP contribution in [0.3, 0.4) is 0 Å². The Morgan fingerprint density at radius 2 is 1.63 bits per heavy atom. The Morgan fingerprint density at radius 3 is 2.32 bits per heavy atom. The van der Waals surface area contributed by atoms with Gasteiger partial charge < -0.3 is 5.11 Å². The molecule has 0 heterocycles. The van der Waals surface area contributed by atoms with Crippen LogP contribution in [0.15, 0.2) is 60.2 Å². The molecule has 2 aromatic rings. The van der Waals surface area contributed by atoms with Crippen LogP contribution in [0.1, 0.15) is 23.6 Å². The van der Waals surface area contributed by atoms with E-state index in [0.29, 0.717) is 5.57 Å². The van der Waals surface area contributed by atoms with Gasteiger partial charge in [0.1, 0.15) is 5.60 Å². The third-order valence-corrected chi connectivity index (χ3v) is 3.63. The average Bonchev–Trinajstić information content (AvgIpc) is 2.68. The zero-order valence-corrected chi connectivity index (χ0v) is 10.6. The Balaban J connectivity index is 2.35. The standard InChI is InChI=1S/C17H13NO/c1-17(19)14-10-6-5-9-13(14)16(15(17)11-18)12-7-3-2-4-8-12/h2-10,19H,1H3. The predicted octanol–water partition coefficient (Wildman–Crippen LogP) is 3.23. The largest absolute Gasteiger partial charge is 0.380 e. The molecular weight excluding hydrogens is 234 g/mol. The first-order valence-electron chi connectivity index (χ1n) is 6.19. The fourth-order valence-electron chi connectivity index (χ4n) is 2.71. The molecule has 3 rings (SSSR count). The zero-order chi connectivity index (χ0) is 13.5. The van der Waals surface area contributed by atoms with Gasteiger partial charge in [0.2, 0.25) is 0 Å². The summed E-state index contributed by atoms with van der Waals surface area (Å²) in [5.41, 5.74) is 2.74. The maximum Gasteiger partial charge on any atom is 0.123 e. The summed E-state index contributed by atoms with van der Waals surface area (Å²) >= 11 is 0. The van der Waals surface area contributed by atoms with Gasteiger partial charge in [-0.2, -0.15) is 5.26 Å². The van der Waals surface area contributed by atoms with Crippen molar-refractivity contribution in [3.05, 3.63) is 76.9 Å². The van der Waals surface area contributed by atoms with Crippen molar-refractivity contribution in [3.8, 4) is 6.07 Å². The minimum atomic E-state index is -1.21. The first-order chi connectivity index (χ1) is 9.16. The summed E-state index contributed by atoms with van der Waals surface area (Å²) in [7, 11) is 0. The van der Waals surface area contributed by atoms with Crippen LogP contribution in [0.2, 0.25) is 0 Å². The normalized spacial score (nSPS) is 21.1. The van der Waals surface area contributed by atoms with E-state index < -0.39 is 5.60 Å². The molecule has 0 amide bonds. The molecule has 0 aliphatic heterocycles. The van der Waals surface area contributed by atoms with Crippen LogP contribution in [-0.2, 0) is 5.60 Å². The molecule has 1 atom stereocenters. The lowest BCUT2D eigenvalue weighted by Gasteiger charge is -2.18. The van der Waals surface area contributed by atoms with Crippen molar-refractivity contribution >= 4 is 5.57 Å². The van der Waals surface area contributed by atoms with Crippen LogP contribution in [-0.4, -0.2) is 5.11 Å². The van der Waals surface area contributed by atoms with Gasteiger partial charge in [-0.1, -0.05) is 54.6 Å². The SMILES string of the molecule is CC1(O)C(C#N)=C(c2ccccc2)c2ccccc21. The molecule has 0 aromatic heterocycles. The molecule has 0 saturated carbocycles. The van der Waals surface area contributed by atoms with Crippen molar-refractivity contribution in [1.29, 1.82) is 5.26 Å². The maximum absolute atomic E-state index is 10.7. The molecule has 0 saturated heterocycles. The van der Waals surface area contributed by atoms with Crippen LogP contribution in [0.4, 0.5) is 0 Å². The van der Waals surface area contributed by atoms with Crippen LogP contribution < -0.4 is 0 Å². The summed E-state index contributed by atoms with van der Waals surface area (Å²) in [5.74, 6) is 0. The van der Waals surface area contributed by atoms with Crippen molar-refractivity contribution in [2.75, 3.05) is 0 Å². The smallest absolute Gasteiger partial charge is 0.123 e. The Kier molecular flexibility index (Phi) is 2.51. The van der Waals surface area contributed by atoms with Gasteiger partial charge in [0, 0.05) is 5.57 Å². The van der Waals surface area contributed by atoms with Crippen LogP contribution in [0, 0.1) is 11.3 Å². The van der Waals surface area contributed by atoms with E-state index in [-0.39, 0.29) is 0 Å². The molecule has 2 nitrogen and oxygen atoms in total. The molecule has 2 heteroatoms. The van der Waals surface area contributed by atoms with E-state index in [1.54, 1.807) is 6.92 Å². The lowest BCUT2D eigenvalue weighted by Crippen LogP contribution is -2.20. The van der Waals surface area contributed by atoms with Gasteiger partial charge in [0.15, 0.2) is 0 Å². The van der Waals surface area contributed by atoms with Gasteiger partial charge >= 0.3 is 0 Å². The lowest BCUT2D eigenvalue weighted by molar-refractivity contribution is 0.106. The molecule has 1 unspecified atom stereocenters. The number of aliphatic hydroxyl groups is 1. The second-order valence-corrected chi connectivity index (χ2v) is 4.85. The number of rotatable bonds is 1. The molecule has 92 valence electrons. The Hall–Kier alpha value is -2.37. The highest BCUT2D eigenvalue weighted by atomic mass is 16.3. The highest BCUT2D eigenvalue weighted by molar-refractivity contribution is 5.91. The molecule has 0 fully saturated rings. The molecule has 1 N–H and O–H groups in total. The third-order valence-electron chi connectivity index (χ3n) is 3.63. The summed E-state index contributed by atoms with van der Waals surface area (Å²) in [6.45, 7) is 1.68. The van der Waals surface area contributed by atoms with Crippen LogP contribution in [0.5, 0.6) is 0 Å². The predicted molar refractivity (Wildman–Crippen MR) is 74.1 cm³/mol. The van der Waals surface area contributed by atoms with Crippen molar-refractivity contribution in [2.24, 2.45) is 0 Å². The van der Waals surface area contributed by atoms with E-state index in [1.165, 1.54) is 0 Å².